The molecule has 2 amide bonds. The van der Waals surface area contributed by atoms with Gasteiger partial charge in [0.05, 0.1) is 0 Å². The van der Waals surface area contributed by atoms with Crippen molar-refractivity contribution < 1.29 is 14.3 Å². The first-order valence-corrected chi connectivity index (χ1v) is 6.73. The van der Waals surface area contributed by atoms with Crippen molar-refractivity contribution in [2.75, 3.05) is 12.5 Å². The number of alkyl halides is 1. The fourth-order valence-electron chi connectivity index (χ4n) is 1.41. The Morgan fingerprint density at radius 2 is 1.65 bits per heavy atom. The van der Waals surface area contributed by atoms with E-state index < -0.39 is 11.8 Å². The number of carbonyl (C=O) groups excluding carboxylic acids is 2. The van der Waals surface area contributed by atoms with Gasteiger partial charge < -0.3 is 4.74 Å². The SMILES string of the molecule is CC(C)(C)c1ccc(OCC(=O)NNC(=O)CCl)cc1. The second kappa shape index (κ2) is 7.14. The number of hydrazine groups is 1. The Balaban J connectivity index is 2.42. The van der Waals surface area contributed by atoms with Crippen molar-refractivity contribution in [1.82, 2.24) is 10.9 Å². The topological polar surface area (TPSA) is 67.4 Å². The molecule has 5 nitrogen and oxygen atoms in total. The van der Waals surface area contributed by atoms with Crippen molar-refractivity contribution in [3.63, 3.8) is 0 Å². The van der Waals surface area contributed by atoms with Crippen LogP contribution in [0.1, 0.15) is 26.3 Å². The molecule has 0 saturated heterocycles. The maximum Gasteiger partial charge on any atom is 0.276 e. The molecular formula is C14H19ClN2O3. The molecule has 0 atom stereocenters. The normalized spacial score (nSPS) is 10.8. The van der Waals surface area contributed by atoms with Crippen LogP contribution in [0.5, 0.6) is 5.75 Å². The summed E-state index contributed by atoms with van der Waals surface area (Å²) in [7, 11) is 0. The van der Waals surface area contributed by atoms with Crippen LogP contribution in [0.4, 0.5) is 0 Å². The fraction of sp³-hybridized carbons (Fsp3) is 0.429. The molecule has 0 saturated carbocycles. The standard InChI is InChI=1S/C14H19ClN2O3/c1-14(2,3)10-4-6-11(7-5-10)20-9-13(19)17-16-12(18)8-15/h4-7H,8-9H2,1-3H3,(H,16,18)(H,17,19). The zero-order valence-corrected chi connectivity index (χ0v) is 12.6. The third-order valence-electron chi connectivity index (χ3n) is 2.55. The summed E-state index contributed by atoms with van der Waals surface area (Å²) in [6.45, 7) is 6.18. The Labute approximate surface area is 123 Å². The van der Waals surface area contributed by atoms with Crippen LogP contribution >= 0.6 is 11.6 Å². The summed E-state index contributed by atoms with van der Waals surface area (Å²) in [5.41, 5.74) is 5.59. The minimum Gasteiger partial charge on any atom is -0.484 e. The van der Waals surface area contributed by atoms with E-state index in [0.29, 0.717) is 5.75 Å². The zero-order valence-electron chi connectivity index (χ0n) is 11.8. The van der Waals surface area contributed by atoms with Crippen LogP contribution in [0.2, 0.25) is 0 Å². The summed E-state index contributed by atoms with van der Waals surface area (Å²) in [6.07, 6.45) is 0. The monoisotopic (exact) mass is 298 g/mol. The predicted molar refractivity (Wildman–Crippen MR) is 77.6 cm³/mol. The van der Waals surface area contributed by atoms with Crippen molar-refractivity contribution in [2.24, 2.45) is 0 Å². The van der Waals surface area contributed by atoms with Gasteiger partial charge in [0, 0.05) is 0 Å². The molecule has 0 unspecified atom stereocenters. The first-order chi connectivity index (χ1) is 9.32. The van der Waals surface area contributed by atoms with E-state index in [2.05, 4.69) is 31.6 Å². The average molecular weight is 299 g/mol. The first kappa shape index (κ1) is 16.3. The molecule has 0 aliphatic heterocycles. The van der Waals surface area contributed by atoms with Crippen molar-refractivity contribution in [1.29, 1.82) is 0 Å². The average Bonchev–Trinajstić information content (AvgIpc) is 2.41. The second-order valence-electron chi connectivity index (χ2n) is 5.29. The van der Waals surface area contributed by atoms with E-state index in [-0.39, 0.29) is 17.9 Å². The van der Waals surface area contributed by atoms with Crippen LogP contribution in [0, 0.1) is 0 Å². The van der Waals surface area contributed by atoms with E-state index in [1.54, 1.807) is 0 Å². The molecular weight excluding hydrogens is 280 g/mol. The van der Waals surface area contributed by atoms with E-state index in [1.165, 1.54) is 5.56 Å². The number of hydrogen-bond acceptors (Lipinski definition) is 3. The van der Waals surface area contributed by atoms with Crippen LogP contribution < -0.4 is 15.6 Å². The second-order valence-corrected chi connectivity index (χ2v) is 5.56. The van der Waals surface area contributed by atoms with Crippen LogP contribution in [0.3, 0.4) is 0 Å². The van der Waals surface area contributed by atoms with Crippen LogP contribution in [-0.4, -0.2) is 24.3 Å². The highest BCUT2D eigenvalue weighted by Gasteiger charge is 2.13. The Hall–Kier alpha value is -1.75. The van der Waals surface area contributed by atoms with Gasteiger partial charge >= 0.3 is 0 Å². The smallest absolute Gasteiger partial charge is 0.276 e. The number of hydrogen-bond donors (Lipinski definition) is 2. The van der Waals surface area contributed by atoms with Gasteiger partial charge in [0.15, 0.2) is 6.61 Å². The van der Waals surface area contributed by atoms with Gasteiger partial charge in [-0.2, -0.15) is 0 Å². The summed E-state index contributed by atoms with van der Waals surface area (Å²) >= 11 is 5.27. The van der Waals surface area contributed by atoms with Gasteiger partial charge in [-0.15, -0.1) is 11.6 Å². The summed E-state index contributed by atoms with van der Waals surface area (Å²) < 4.78 is 5.31. The molecule has 2 N–H and O–H groups in total. The van der Waals surface area contributed by atoms with Gasteiger partial charge in [-0.3, -0.25) is 20.4 Å². The molecule has 0 bridgehead atoms. The number of ether oxygens (including phenoxy) is 1. The lowest BCUT2D eigenvalue weighted by Crippen LogP contribution is -2.44. The molecule has 0 aliphatic carbocycles. The quantitative estimate of drug-likeness (QED) is 0.657. The number of benzene rings is 1. The summed E-state index contributed by atoms with van der Waals surface area (Å²) in [5, 5.41) is 0. The molecule has 110 valence electrons. The molecule has 1 rings (SSSR count). The summed E-state index contributed by atoms with van der Waals surface area (Å²) in [5.74, 6) is -0.551. The molecule has 0 spiro atoms. The Morgan fingerprint density at radius 3 is 2.15 bits per heavy atom. The van der Waals surface area contributed by atoms with E-state index in [4.69, 9.17) is 16.3 Å². The van der Waals surface area contributed by atoms with Crippen molar-refractivity contribution in [3.8, 4) is 5.75 Å². The van der Waals surface area contributed by atoms with Crippen molar-refractivity contribution in [3.05, 3.63) is 29.8 Å². The predicted octanol–water partition coefficient (Wildman–Crippen LogP) is 1.75. The van der Waals surface area contributed by atoms with E-state index in [9.17, 15) is 9.59 Å². The van der Waals surface area contributed by atoms with Crippen LogP contribution in [-0.2, 0) is 15.0 Å². The molecule has 1 aromatic carbocycles. The highest BCUT2D eigenvalue weighted by Crippen LogP contribution is 2.24. The zero-order chi connectivity index (χ0) is 15.2. The number of halogens is 1. The molecule has 0 heterocycles. The maximum absolute atomic E-state index is 11.4. The number of nitrogens with one attached hydrogen (secondary N) is 2. The van der Waals surface area contributed by atoms with Crippen LogP contribution in [0.25, 0.3) is 0 Å². The number of amides is 2. The van der Waals surface area contributed by atoms with E-state index >= 15 is 0 Å². The molecule has 0 fully saturated rings. The van der Waals surface area contributed by atoms with Gasteiger partial charge in [0.2, 0.25) is 0 Å². The molecule has 0 aromatic heterocycles. The minimum absolute atomic E-state index is 0.0712. The highest BCUT2D eigenvalue weighted by molar-refractivity contribution is 6.27. The lowest BCUT2D eigenvalue weighted by Gasteiger charge is -2.19. The van der Waals surface area contributed by atoms with Gasteiger partial charge in [-0.25, -0.2) is 0 Å². The Kier molecular flexibility index (Phi) is 5.82. The summed E-state index contributed by atoms with van der Waals surface area (Å²) in [6, 6.07) is 7.54. The van der Waals surface area contributed by atoms with Gasteiger partial charge in [0.1, 0.15) is 11.6 Å². The highest BCUT2D eigenvalue weighted by atomic mass is 35.5. The fourth-order valence-corrected chi connectivity index (χ4v) is 1.48. The lowest BCUT2D eigenvalue weighted by molar-refractivity contribution is -0.128. The largest absolute Gasteiger partial charge is 0.484 e. The van der Waals surface area contributed by atoms with E-state index in [1.807, 2.05) is 24.3 Å². The van der Waals surface area contributed by atoms with E-state index in [0.717, 1.165) is 0 Å². The number of rotatable bonds is 4. The molecule has 0 aliphatic rings. The van der Waals surface area contributed by atoms with Gasteiger partial charge in [-0.05, 0) is 23.1 Å². The number of carbonyl (C=O) groups is 2. The first-order valence-electron chi connectivity index (χ1n) is 6.20. The molecule has 0 radical (unpaired) electrons. The van der Waals surface area contributed by atoms with Gasteiger partial charge in [0.25, 0.3) is 11.8 Å². The van der Waals surface area contributed by atoms with Crippen molar-refractivity contribution in [2.45, 2.75) is 26.2 Å². The van der Waals surface area contributed by atoms with Crippen LogP contribution in [0.15, 0.2) is 24.3 Å². The summed E-state index contributed by atoms with van der Waals surface area (Å²) in [4.78, 5) is 22.2. The maximum atomic E-state index is 11.4. The van der Waals surface area contributed by atoms with Crippen molar-refractivity contribution >= 4 is 23.4 Å². The Bertz CT molecular complexity index is 466. The molecule has 1 aromatic rings. The third kappa shape index (κ3) is 5.48. The minimum atomic E-state index is -0.477. The third-order valence-corrected chi connectivity index (χ3v) is 2.80. The Morgan fingerprint density at radius 1 is 1.10 bits per heavy atom. The lowest BCUT2D eigenvalue weighted by atomic mass is 9.87. The molecule has 6 heteroatoms. The molecule has 20 heavy (non-hydrogen) atoms. The van der Waals surface area contributed by atoms with Gasteiger partial charge in [-0.1, -0.05) is 32.9 Å².